The Bertz CT molecular complexity index is 1710. The van der Waals surface area contributed by atoms with Crippen molar-refractivity contribution in [1.82, 2.24) is 9.88 Å². The van der Waals surface area contributed by atoms with Gasteiger partial charge in [0.05, 0.1) is 46.9 Å². The molecular weight excluding hydrogens is 773 g/mol. The lowest BCUT2D eigenvalue weighted by molar-refractivity contribution is -0.174. The maximum absolute atomic E-state index is 14.2. The predicted molar refractivity (Wildman–Crippen MR) is 219 cm³/mol. The Morgan fingerprint density at radius 3 is 2.33 bits per heavy atom. The summed E-state index contributed by atoms with van der Waals surface area (Å²) in [4.78, 5) is 49.7. The zero-order valence-corrected chi connectivity index (χ0v) is 36.2. The number of esters is 1. The molecule has 2 saturated heterocycles. The van der Waals surface area contributed by atoms with Gasteiger partial charge in [0.15, 0.2) is 17.1 Å². The minimum absolute atomic E-state index is 0.0609. The van der Waals surface area contributed by atoms with Gasteiger partial charge in [0, 0.05) is 68.8 Å². The van der Waals surface area contributed by atoms with Crippen LogP contribution in [0.15, 0.2) is 30.6 Å². The predicted octanol–water partition coefficient (Wildman–Crippen LogP) is 8.44. The summed E-state index contributed by atoms with van der Waals surface area (Å²) in [5.74, 6) is -1.20. The number of carbonyl (C=O) groups excluding carboxylic acids is 3. The van der Waals surface area contributed by atoms with Crippen LogP contribution in [0.3, 0.4) is 0 Å². The van der Waals surface area contributed by atoms with E-state index >= 15 is 0 Å². The molecule has 1 unspecified atom stereocenters. The van der Waals surface area contributed by atoms with Crippen LogP contribution in [-0.2, 0) is 30.3 Å². The van der Waals surface area contributed by atoms with E-state index in [1.165, 1.54) is 0 Å². The molecule has 0 bridgehead atoms. The van der Waals surface area contributed by atoms with Crippen LogP contribution in [-0.4, -0.2) is 95.7 Å². The van der Waals surface area contributed by atoms with Crippen molar-refractivity contribution in [2.45, 2.75) is 141 Å². The van der Waals surface area contributed by atoms with Crippen LogP contribution < -0.4 is 14.4 Å². The molecule has 3 heterocycles. The number of cyclic esters (lactones) is 1. The first-order valence-electron chi connectivity index (χ1n) is 20.4. The highest BCUT2D eigenvalue weighted by Gasteiger charge is 2.59. The van der Waals surface area contributed by atoms with Crippen LogP contribution in [0.25, 0.3) is 0 Å². The van der Waals surface area contributed by atoms with Crippen molar-refractivity contribution >= 4 is 46.7 Å². The fourth-order valence-electron chi connectivity index (χ4n) is 9.00. The van der Waals surface area contributed by atoms with Gasteiger partial charge < -0.3 is 38.6 Å². The fraction of sp³-hybridized carbons (Fsp3) is 0.674. The minimum atomic E-state index is -1.36. The molecule has 0 spiro atoms. The molecule has 3 aliphatic rings. The summed E-state index contributed by atoms with van der Waals surface area (Å²) in [6.45, 7) is 11.9. The number of hydrogen-bond acceptors (Lipinski definition) is 11. The topological polar surface area (TPSA) is 137 Å². The maximum atomic E-state index is 14.2. The lowest BCUT2D eigenvalue weighted by Gasteiger charge is -2.41. The van der Waals surface area contributed by atoms with E-state index in [2.05, 4.69) is 9.88 Å². The Labute approximate surface area is 347 Å². The number of anilines is 1. The fourth-order valence-corrected chi connectivity index (χ4v) is 9.48. The molecule has 8 atom stereocenters. The van der Waals surface area contributed by atoms with E-state index < -0.39 is 53.4 Å². The Balaban J connectivity index is 1.46. The normalized spacial score (nSPS) is 30.4. The van der Waals surface area contributed by atoms with Crippen LogP contribution >= 0.6 is 23.2 Å². The molecule has 3 fully saturated rings. The maximum Gasteiger partial charge on any atom is 0.410 e. The number of pyridine rings is 1. The molecule has 1 amide bonds. The van der Waals surface area contributed by atoms with Gasteiger partial charge in [-0.05, 0) is 90.2 Å². The number of aliphatic hydroxyl groups excluding tert-OH is 1. The van der Waals surface area contributed by atoms with E-state index in [1.807, 2.05) is 45.9 Å². The number of halogens is 2. The second-order valence-electron chi connectivity index (χ2n) is 16.6. The summed E-state index contributed by atoms with van der Waals surface area (Å²) in [5.41, 5.74) is -0.548. The third kappa shape index (κ3) is 10.1. The van der Waals surface area contributed by atoms with E-state index in [9.17, 15) is 19.5 Å². The Hall–Kier alpha value is -3.32. The number of aliphatic hydroxyl groups is 1. The summed E-state index contributed by atoms with van der Waals surface area (Å²) >= 11 is 13.3. The molecule has 57 heavy (non-hydrogen) atoms. The third-order valence-electron chi connectivity index (χ3n) is 12.6. The molecule has 1 aromatic heterocycles. The van der Waals surface area contributed by atoms with Crippen molar-refractivity contribution < 1.29 is 43.2 Å². The SMILES string of the molecule is CC[C@H]1OC(=O)[C@H](C)[C@@H](O)C(C)C[C@](C)(OC)CCC(=O)[C@H](C)[C@H]2N(CCCN(Cc3c(Cl)cncc3Cl)c3ccc(OC)c(OC4CCCC4)c3)C(=O)O[C@]12C. The molecule has 5 rings (SSSR count). The van der Waals surface area contributed by atoms with Gasteiger partial charge in [-0.1, -0.05) is 44.0 Å². The second kappa shape index (κ2) is 19.2. The molecule has 2 aliphatic heterocycles. The molecule has 1 saturated carbocycles. The molecule has 316 valence electrons. The highest BCUT2D eigenvalue weighted by atomic mass is 35.5. The van der Waals surface area contributed by atoms with Crippen LogP contribution in [0, 0.1) is 17.8 Å². The summed E-state index contributed by atoms with van der Waals surface area (Å²) in [5, 5.41) is 12.1. The first-order valence-corrected chi connectivity index (χ1v) is 21.1. The zero-order chi connectivity index (χ0) is 41.7. The standard InChI is InChI=1S/C43H61Cl2N3O9/c1-9-37-43(6)39(27(3)34(49)17-18-42(5,54-8)22-26(2)38(50)28(4)40(51)56-37)48(41(52)57-43)20-12-19-47(25-31-32(44)23-46-24-33(31)45)29-15-16-35(53-7)36(21-29)55-30-13-10-11-14-30/h15-16,21,23-24,26-28,30,37-39,50H,9-14,17-20,22,25H2,1-8H3/t26?,27-,28+,37+,38-,39+,42+,43+/m0/s1. The van der Waals surface area contributed by atoms with Crippen molar-refractivity contribution in [3.8, 4) is 11.5 Å². The van der Waals surface area contributed by atoms with Crippen molar-refractivity contribution in [2.24, 2.45) is 17.8 Å². The van der Waals surface area contributed by atoms with Gasteiger partial charge >= 0.3 is 12.1 Å². The first kappa shape index (κ1) is 44.8. The number of amides is 1. The van der Waals surface area contributed by atoms with Gasteiger partial charge in [-0.25, -0.2) is 4.79 Å². The number of benzene rings is 1. The molecule has 2 aromatic rings. The second-order valence-corrected chi connectivity index (χ2v) is 17.4. The van der Waals surface area contributed by atoms with Gasteiger partial charge in [0.2, 0.25) is 0 Å². The lowest BCUT2D eigenvalue weighted by Crippen LogP contribution is -2.57. The average Bonchev–Trinajstić information content (AvgIpc) is 3.79. The largest absolute Gasteiger partial charge is 0.493 e. The van der Waals surface area contributed by atoms with Gasteiger partial charge in [-0.3, -0.25) is 14.6 Å². The zero-order valence-electron chi connectivity index (χ0n) is 34.7. The van der Waals surface area contributed by atoms with Crippen molar-refractivity contribution in [2.75, 3.05) is 32.2 Å². The highest BCUT2D eigenvalue weighted by Crippen LogP contribution is 2.42. The van der Waals surface area contributed by atoms with E-state index in [4.69, 9.17) is 46.9 Å². The number of fused-ring (bicyclic) bond motifs is 1. The van der Waals surface area contributed by atoms with Crippen molar-refractivity contribution in [1.29, 1.82) is 0 Å². The van der Waals surface area contributed by atoms with Crippen molar-refractivity contribution in [3.63, 3.8) is 0 Å². The Morgan fingerprint density at radius 1 is 1.02 bits per heavy atom. The molecule has 12 nitrogen and oxygen atoms in total. The average molecular weight is 835 g/mol. The van der Waals surface area contributed by atoms with E-state index in [-0.39, 0.29) is 30.8 Å². The summed E-state index contributed by atoms with van der Waals surface area (Å²) in [6, 6.07) is 5.05. The van der Waals surface area contributed by atoms with E-state index in [0.29, 0.717) is 65.9 Å². The van der Waals surface area contributed by atoms with Crippen LogP contribution in [0.1, 0.15) is 105 Å². The third-order valence-corrected chi connectivity index (χ3v) is 13.2. The van der Waals surface area contributed by atoms with Gasteiger partial charge in [-0.15, -0.1) is 0 Å². The quantitative estimate of drug-likeness (QED) is 0.206. The number of Topliss-reactive ketones (excluding diaryl/α,β-unsaturated/α-hetero) is 1. The van der Waals surface area contributed by atoms with Gasteiger partial charge in [-0.2, -0.15) is 0 Å². The summed E-state index contributed by atoms with van der Waals surface area (Å²) in [7, 11) is 3.22. The monoisotopic (exact) mass is 833 g/mol. The number of hydrogen-bond donors (Lipinski definition) is 1. The molecule has 1 N–H and O–H groups in total. The van der Waals surface area contributed by atoms with Crippen LogP contribution in [0.5, 0.6) is 11.5 Å². The van der Waals surface area contributed by atoms with Gasteiger partial charge in [0.1, 0.15) is 11.9 Å². The molecule has 0 radical (unpaired) electrons. The molecule has 1 aliphatic carbocycles. The first-order chi connectivity index (χ1) is 27.0. The lowest BCUT2D eigenvalue weighted by atomic mass is 9.77. The summed E-state index contributed by atoms with van der Waals surface area (Å²) in [6.07, 6.45) is 6.79. The number of nitrogens with zero attached hydrogens (tertiary/aromatic N) is 3. The Kier molecular flexibility index (Phi) is 15.1. The smallest absolute Gasteiger partial charge is 0.410 e. The highest BCUT2D eigenvalue weighted by molar-refractivity contribution is 6.35. The van der Waals surface area contributed by atoms with E-state index in [1.54, 1.807) is 45.4 Å². The summed E-state index contributed by atoms with van der Waals surface area (Å²) < 4.78 is 30.3. The number of rotatable bonds is 12. The Morgan fingerprint density at radius 2 is 1.70 bits per heavy atom. The number of methoxy groups -OCH3 is 2. The van der Waals surface area contributed by atoms with Crippen LogP contribution in [0.4, 0.5) is 10.5 Å². The number of ether oxygens (including phenoxy) is 5. The van der Waals surface area contributed by atoms with Crippen LogP contribution in [0.2, 0.25) is 10.0 Å². The van der Waals surface area contributed by atoms with Gasteiger partial charge in [0.25, 0.3) is 0 Å². The molecular formula is C43H61Cl2N3O9. The molecule has 14 heteroatoms. The van der Waals surface area contributed by atoms with Crippen molar-refractivity contribution in [3.05, 3.63) is 46.2 Å². The van der Waals surface area contributed by atoms with E-state index in [0.717, 1.165) is 31.4 Å². The number of ketones is 1. The molecule has 1 aromatic carbocycles. The minimum Gasteiger partial charge on any atom is -0.493 e. The number of carbonyl (C=O) groups is 3. The number of aromatic nitrogens is 1.